The number of methoxy groups -OCH3 is 4. The second kappa shape index (κ2) is 9.48. The molecule has 0 saturated carbocycles. The Morgan fingerprint density at radius 2 is 1.40 bits per heavy atom. The van der Waals surface area contributed by atoms with Gasteiger partial charge < -0.3 is 30.0 Å². The highest BCUT2D eigenvalue weighted by atomic mass is 35.5. The van der Waals surface area contributed by atoms with Crippen molar-refractivity contribution in [1.82, 2.24) is 0 Å². The molecule has 3 N–H and O–H groups in total. The molecule has 0 bridgehead atoms. The van der Waals surface area contributed by atoms with Gasteiger partial charge in [0.2, 0.25) is 0 Å². The van der Waals surface area contributed by atoms with Crippen LogP contribution in [-0.2, 0) is 0 Å². The summed E-state index contributed by atoms with van der Waals surface area (Å²) in [7, 11) is 6.31. The molecular weight excluding hydrogens is 346 g/mol. The quantitative estimate of drug-likeness (QED) is 0.602. The van der Waals surface area contributed by atoms with Crippen molar-refractivity contribution >= 4 is 29.7 Å². The second-order valence-corrected chi connectivity index (χ2v) is 4.73. The number of aliphatic imine (C=N–C) groups is 1. The van der Waals surface area contributed by atoms with Crippen molar-refractivity contribution in [1.29, 1.82) is 0 Å². The molecule has 8 heteroatoms. The molecule has 0 aliphatic carbocycles. The summed E-state index contributed by atoms with van der Waals surface area (Å²) >= 11 is 0. The average molecular weight is 368 g/mol. The molecule has 0 radical (unpaired) electrons. The number of benzene rings is 2. The van der Waals surface area contributed by atoms with E-state index in [-0.39, 0.29) is 18.4 Å². The van der Waals surface area contributed by atoms with Crippen LogP contribution in [0.2, 0.25) is 0 Å². The Kier molecular flexibility index (Phi) is 7.68. The maximum atomic E-state index is 6.01. The first kappa shape index (κ1) is 20.2. The van der Waals surface area contributed by atoms with E-state index >= 15 is 0 Å². The van der Waals surface area contributed by atoms with Crippen LogP contribution in [0.4, 0.5) is 11.4 Å². The van der Waals surface area contributed by atoms with E-state index < -0.39 is 0 Å². The third kappa shape index (κ3) is 5.09. The molecule has 0 aliphatic heterocycles. The first-order valence-electron chi connectivity index (χ1n) is 7.16. The molecule has 0 heterocycles. The lowest BCUT2D eigenvalue weighted by atomic mass is 10.2. The predicted octanol–water partition coefficient (Wildman–Crippen LogP) is 3.20. The minimum Gasteiger partial charge on any atom is -0.497 e. The number of ether oxygens (including phenoxy) is 4. The Morgan fingerprint density at radius 3 is 1.96 bits per heavy atom. The van der Waals surface area contributed by atoms with Crippen molar-refractivity contribution in [2.75, 3.05) is 33.8 Å². The number of nitrogens with one attached hydrogen (secondary N) is 1. The third-order valence-electron chi connectivity index (χ3n) is 3.30. The zero-order valence-electron chi connectivity index (χ0n) is 14.5. The molecule has 0 unspecified atom stereocenters. The van der Waals surface area contributed by atoms with Gasteiger partial charge in [0.15, 0.2) is 5.96 Å². The first-order valence-corrected chi connectivity index (χ1v) is 7.16. The fourth-order valence-corrected chi connectivity index (χ4v) is 2.09. The van der Waals surface area contributed by atoms with Gasteiger partial charge in [-0.15, -0.1) is 12.4 Å². The zero-order valence-corrected chi connectivity index (χ0v) is 15.3. The summed E-state index contributed by atoms with van der Waals surface area (Å²) in [5.41, 5.74) is 7.20. The molecular formula is C17H22ClN3O4. The Morgan fingerprint density at radius 1 is 0.840 bits per heavy atom. The lowest BCUT2D eigenvalue weighted by molar-refractivity contribution is 0.404. The SMILES string of the molecule is COc1ccc(OC)c(N=C(N)Nc2cc(OC)ccc2OC)c1.Cl. The van der Waals surface area contributed by atoms with Gasteiger partial charge in [-0.2, -0.15) is 0 Å². The topological polar surface area (TPSA) is 87.3 Å². The van der Waals surface area contributed by atoms with Gasteiger partial charge in [0.25, 0.3) is 0 Å². The number of nitrogens with two attached hydrogens (primary N) is 1. The Labute approximate surface area is 153 Å². The van der Waals surface area contributed by atoms with Gasteiger partial charge in [-0.3, -0.25) is 0 Å². The highest BCUT2D eigenvalue weighted by molar-refractivity contribution is 5.96. The largest absolute Gasteiger partial charge is 0.497 e. The van der Waals surface area contributed by atoms with E-state index in [1.807, 2.05) is 0 Å². The van der Waals surface area contributed by atoms with Crippen LogP contribution in [0.3, 0.4) is 0 Å². The first-order chi connectivity index (χ1) is 11.6. The molecule has 2 aromatic carbocycles. The van der Waals surface area contributed by atoms with Crippen LogP contribution in [0.1, 0.15) is 0 Å². The van der Waals surface area contributed by atoms with Gasteiger partial charge in [0, 0.05) is 12.1 Å². The van der Waals surface area contributed by atoms with Crippen molar-refractivity contribution in [2.45, 2.75) is 0 Å². The van der Waals surface area contributed by atoms with Crippen molar-refractivity contribution in [3.63, 3.8) is 0 Å². The predicted molar refractivity (Wildman–Crippen MR) is 101 cm³/mol. The van der Waals surface area contributed by atoms with Crippen LogP contribution in [0.25, 0.3) is 0 Å². The van der Waals surface area contributed by atoms with Crippen LogP contribution in [0.15, 0.2) is 41.4 Å². The highest BCUT2D eigenvalue weighted by Crippen LogP contribution is 2.32. The van der Waals surface area contributed by atoms with Gasteiger partial charge in [-0.25, -0.2) is 4.99 Å². The number of nitrogens with zero attached hydrogens (tertiary/aromatic N) is 1. The van der Waals surface area contributed by atoms with Gasteiger partial charge in [-0.05, 0) is 24.3 Å². The number of anilines is 1. The fraction of sp³-hybridized carbons (Fsp3) is 0.235. The summed E-state index contributed by atoms with van der Waals surface area (Å²) < 4.78 is 21.0. The molecule has 2 rings (SSSR count). The number of halogens is 1. The summed E-state index contributed by atoms with van der Waals surface area (Å²) in [5, 5.41) is 3.00. The molecule has 25 heavy (non-hydrogen) atoms. The standard InChI is InChI=1S/C17H21N3O4.ClH/c1-21-11-5-7-15(23-3)13(9-11)19-17(18)20-14-10-12(22-2)6-8-16(14)24-4;/h5-10H,1-4H3,(H3,18,19,20);1H. The minimum atomic E-state index is 0. The molecule has 0 aromatic heterocycles. The van der Waals surface area contributed by atoms with Crippen LogP contribution in [0.5, 0.6) is 23.0 Å². The third-order valence-corrected chi connectivity index (χ3v) is 3.30. The van der Waals surface area contributed by atoms with E-state index in [0.29, 0.717) is 34.4 Å². The molecule has 2 aromatic rings. The molecule has 0 atom stereocenters. The molecule has 0 saturated heterocycles. The number of rotatable bonds is 6. The number of hydrogen-bond acceptors (Lipinski definition) is 5. The maximum absolute atomic E-state index is 6.01. The molecule has 0 amide bonds. The lowest BCUT2D eigenvalue weighted by Crippen LogP contribution is -2.22. The zero-order chi connectivity index (χ0) is 17.5. The van der Waals surface area contributed by atoms with Crippen LogP contribution in [-0.4, -0.2) is 34.4 Å². The second-order valence-electron chi connectivity index (χ2n) is 4.73. The number of hydrogen-bond donors (Lipinski definition) is 2. The fourth-order valence-electron chi connectivity index (χ4n) is 2.09. The highest BCUT2D eigenvalue weighted by Gasteiger charge is 2.08. The van der Waals surface area contributed by atoms with E-state index in [0.717, 1.165) is 0 Å². The average Bonchev–Trinajstić information content (AvgIpc) is 2.61. The van der Waals surface area contributed by atoms with Crippen molar-refractivity contribution < 1.29 is 18.9 Å². The van der Waals surface area contributed by atoms with Crippen molar-refractivity contribution in [3.05, 3.63) is 36.4 Å². The minimum absolute atomic E-state index is 0. The van der Waals surface area contributed by atoms with Crippen LogP contribution in [0, 0.1) is 0 Å². The van der Waals surface area contributed by atoms with E-state index in [1.165, 1.54) is 0 Å². The van der Waals surface area contributed by atoms with Crippen molar-refractivity contribution in [3.8, 4) is 23.0 Å². The molecule has 0 aliphatic rings. The molecule has 0 spiro atoms. The van der Waals surface area contributed by atoms with Crippen LogP contribution >= 0.6 is 12.4 Å². The van der Waals surface area contributed by atoms with Crippen molar-refractivity contribution in [2.24, 2.45) is 10.7 Å². The summed E-state index contributed by atoms with van der Waals surface area (Å²) in [6.45, 7) is 0. The lowest BCUT2D eigenvalue weighted by Gasteiger charge is -2.13. The summed E-state index contributed by atoms with van der Waals surface area (Å²) in [5.74, 6) is 2.70. The van der Waals surface area contributed by atoms with E-state index in [2.05, 4.69) is 10.3 Å². The van der Waals surface area contributed by atoms with Gasteiger partial charge >= 0.3 is 0 Å². The van der Waals surface area contributed by atoms with Gasteiger partial charge in [0.1, 0.15) is 28.7 Å². The van der Waals surface area contributed by atoms with E-state index in [9.17, 15) is 0 Å². The number of guanidine groups is 1. The van der Waals surface area contributed by atoms with Gasteiger partial charge in [0.05, 0.1) is 34.1 Å². The van der Waals surface area contributed by atoms with E-state index in [4.69, 9.17) is 24.7 Å². The summed E-state index contributed by atoms with van der Waals surface area (Å²) in [6.07, 6.45) is 0. The van der Waals surface area contributed by atoms with Gasteiger partial charge in [-0.1, -0.05) is 0 Å². The van der Waals surface area contributed by atoms with Crippen LogP contribution < -0.4 is 30.0 Å². The Bertz CT molecular complexity index is 738. The molecule has 136 valence electrons. The summed E-state index contributed by atoms with van der Waals surface area (Å²) in [4.78, 5) is 4.35. The Balaban J connectivity index is 0.00000312. The monoisotopic (exact) mass is 367 g/mol. The normalized spacial score (nSPS) is 10.5. The Hall–Kier alpha value is -2.80. The van der Waals surface area contributed by atoms with E-state index in [1.54, 1.807) is 64.8 Å². The summed E-state index contributed by atoms with van der Waals surface area (Å²) in [6, 6.07) is 10.6. The smallest absolute Gasteiger partial charge is 0.198 e. The molecule has 0 fully saturated rings. The maximum Gasteiger partial charge on any atom is 0.198 e. The molecule has 7 nitrogen and oxygen atoms in total.